The first kappa shape index (κ1) is 15.8. The fourth-order valence-corrected chi connectivity index (χ4v) is 2.28. The molecule has 0 unspecified atom stereocenters. The second kappa shape index (κ2) is 6.55. The summed E-state index contributed by atoms with van der Waals surface area (Å²) in [6, 6.07) is 11.5. The van der Waals surface area contributed by atoms with E-state index < -0.39 is 11.0 Å². The summed E-state index contributed by atoms with van der Waals surface area (Å²) in [4.78, 5) is 14.5. The maximum absolute atomic E-state index is 13.0. The number of nitrogens with zero attached hydrogens (tertiary/aromatic N) is 3. The van der Waals surface area contributed by atoms with Crippen molar-refractivity contribution in [3.8, 4) is 0 Å². The molecule has 0 aliphatic carbocycles. The third-order valence-corrected chi connectivity index (χ3v) is 3.58. The van der Waals surface area contributed by atoms with Gasteiger partial charge in [0.2, 0.25) is 0 Å². The van der Waals surface area contributed by atoms with Crippen LogP contribution in [0.15, 0.2) is 48.5 Å². The van der Waals surface area contributed by atoms with Gasteiger partial charge in [0.15, 0.2) is 5.82 Å². The molecule has 8 heteroatoms. The first-order valence-corrected chi connectivity index (χ1v) is 7.18. The average molecular weight is 327 g/mol. The molecule has 0 amide bonds. The van der Waals surface area contributed by atoms with Crippen LogP contribution < -0.4 is 5.73 Å². The highest BCUT2D eigenvalue weighted by Gasteiger charge is 2.15. The van der Waals surface area contributed by atoms with Crippen molar-refractivity contribution in [3.63, 3.8) is 0 Å². The maximum atomic E-state index is 13.0. The lowest BCUT2D eigenvalue weighted by Gasteiger charge is -2.07. The minimum atomic E-state index is -0.563. The Balaban J connectivity index is 1.73. The number of H-pyrrole nitrogens is 1. The first-order chi connectivity index (χ1) is 11.5. The van der Waals surface area contributed by atoms with Gasteiger partial charge in [-0.2, -0.15) is 5.10 Å². The van der Waals surface area contributed by atoms with Gasteiger partial charge in [0.25, 0.3) is 5.69 Å². The van der Waals surface area contributed by atoms with Crippen LogP contribution in [0.3, 0.4) is 0 Å². The van der Waals surface area contributed by atoms with Crippen LogP contribution in [0.2, 0.25) is 0 Å². The Hall–Kier alpha value is -3.13. The van der Waals surface area contributed by atoms with Gasteiger partial charge in [0, 0.05) is 18.6 Å². The standard InChI is InChI=1S/C16H14FN5O2/c17-12-5-3-11(4-6-12)15(18)16-19-14(20-21-16)9-10-1-7-13(8-2-10)22(23)24/h1-8,15H,9,18H2,(H,19,20,21)/t15-/m1/s1. The Bertz CT molecular complexity index is 846. The molecule has 7 nitrogen and oxygen atoms in total. The molecule has 0 radical (unpaired) electrons. The SMILES string of the molecule is N[C@H](c1ccc(F)cc1)c1n[nH]c(Cc2ccc([N+](=O)[O-])cc2)n1. The molecule has 0 fully saturated rings. The molecular formula is C16H14FN5O2. The molecule has 0 bridgehead atoms. The zero-order valence-electron chi connectivity index (χ0n) is 12.5. The highest BCUT2D eigenvalue weighted by Crippen LogP contribution is 2.18. The second-order valence-corrected chi connectivity index (χ2v) is 5.27. The summed E-state index contributed by atoms with van der Waals surface area (Å²) in [7, 11) is 0. The van der Waals surface area contributed by atoms with Gasteiger partial charge < -0.3 is 5.73 Å². The molecule has 24 heavy (non-hydrogen) atoms. The fraction of sp³-hybridized carbons (Fsp3) is 0.125. The molecule has 0 saturated carbocycles. The quantitative estimate of drug-likeness (QED) is 0.552. The largest absolute Gasteiger partial charge is 0.318 e. The average Bonchev–Trinajstić information content (AvgIpc) is 3.04. The van der Waals surface area contributed by atoms with E-state index in [0.29, 0.717) is 23.6 Å². The Morgan fingerprint density at radius 3 is 2.46 bits per heavy atom. The van der Waals surface area contributed by atoms with Crippen LogP contribution in [0.4, 0.5) is 10.1 Å². The van der Waals surface area contributed by atoms with E-state index in [2.05, 4.69) is 15.2 Å². The smallest absolute Gasteiger partial charge is 0.269 e. The van der Waals surface area contributed by atoms with Crippen LogP contribution in [0.5, 0.6) is 0 Å². The highest BCUT2D eigenvalue weighted by atomic mass is 19.1. The number of aromatic amines is 1. The van der Waals surface area contributed by atoms with Crippen molar-refractivity contribution in [2.45, 2.75) is 12.5 Å². The molecule has 122 valence electrons. The molecule has 1 aromatic heterocycles. The molecule has 1 atom stereocenters. The zero-order chi connectivity index (χ0) is 17.1. The van der Waals surface area contributed by atoms with Crippen molar-refractivity contribution in [1.29, 1.82) is 0 Å². The highest BCUT2D eigenvalue weighted by molar-refractivity contribution is 5.34. The van der Waals surface area contributed by atoms with Gasteiger partial charge in [0.1, 0.15) is 11.6 Å². The van der Waals surface area contributed by atoms with Crippen molar-refractivity contribution < 1.29 is 9.31 Å². The number of benzene rings is 2. The van der Waals surface area contributed by atoms with E-state index in [0.717, 1.165) is 5.56 Å². The summed E-state index contributed by atoms with van der Waals surface area (Å²) in [5.74, 6) is 0.662. The molecule has 3 rings (SSSR count). The summed E-state index contributed by atoms with van der Waals surface area (Å²) >= 11 is 0. The van der Waals surface area contributed by atoms with E-state index in [9.17, 15) is 14.5 Å². The predicted octanol–water partition coefficient (Wildman–Crippen LogP) is 2.49. The lowest BCUT2D eigenvalue weighted by molar-refractivity contribution is -0.384. The second-order valence-electron chi connectivity index (χ2n) is 5.27. The topological polar surface area (TPSA) is 111 Å². The number of non-ortho nitro benzene ring substituents is 1. The zero-order valence-corrected chi connectivity index (χ0v) is 12.5. The Labute approximate surface area is 136 Å². The van der Waals surface area contributed by atoms with E-state index >= 15 is 0 Å². The Kier molecular flexibility index (Phi) is 4.30. The summed E-state index contributed by atoms with van der Waals surface area (Å²) < 4.78 is 13.0. The minimum absolute atomic E-state index is 0.0374. The van der Waals surface area contributed by atoms with Gasteiger partial charge >= 0.3 is 0 Å². The summed E-state index contributed by atoms with van der Waals surface area (Å²) in [6.07, 6.45) is 0.446. The van der Waals surface area contributed by atoms with Crippen LogP contribution >= 0.6 is 0 Å². The number of nitrogens with two attached hydrogens (primary N) is 1. The normalized spacial score (nSPS) is 12.1. The monoisotopic (exact) mass is 327 g/mol. The number of hydrogen-bond acceptors (Lipinski definition) is 5. The molecule has 0 aliphatic rings. The lowest BCUT2D eigenvalue weighted by Crippen LogP contribution is -2.13. The summed E-state index contributed by atoms with van der Waals surface area (Å²) in [6.45, 7) is 0. The lowest BCUT2D eigenvalue weighted by atomic mass is 10.1. The van der Waals surface area contributed by atoms with Crippen LogP contribution in [0, 0.1) is 15.9 Å². The van der Waals surface area contributed by atoms with Crippen molar-refractivity contribution in [1.82, 2.24) is 15.2 Å². The van der Waals surface area contributed by atoms with Gasteiger partial charge in [0.05, 0.1) is 11.0 Å². The number of rotatable bonds is 5. The Morgan fingerprint density at radius 2 is 1.83 bits per heavy atom. The minimum Gasteiger partial charge on any atom is -0.318 e. The van der Waals surface area contributed by atoms with E-state index in [1.807, 2.05) is 0 Å². The van der Waals surface area contributed by atoms with E-state index in [-0.39, 0.29) is 11.5 Å². The number of nitrogens with one attached hydrogen (secondary N) is 1. The van der Waals surface area contributed by atoms with E-state index in [1.165, 1.54) is 24.3 Å². The molecule has 0 saturated heterocycles. The Morgan fingerprint density at radius 1 is 1.17 bits per heavy atom. The van der Waals surface area contributed by atoms with Gasteiger partial charge in [-0.05, 0) is 23.3 Å². The number of nitro groups is 1. The van der Waals surface area contributed by atoms with Crippen LogP contribution in [-0.4, -0.2) is 20.1 Å². The number of aromatic nitrogens is 3. The predicted molar refractivity (Wildman–Crippen MR) is 84.7 cm³/mol. The number of hydrogen-bond donors (Lipinski definition) is 2. The van der Waals surface area contributed by atoms with Gasteiger partial charge in [-0.1, -0.05) is 24.3 Å². The fourth-order valence-electron chi connectivity index (χ4n) is 2.28. The van der Waals surface area contributed by atoms with Crippen molar-refractivity contribution in [2.24, 2.45) is 5.73 Å². The van der Waals surface area contributed by atoms with Gasteiger partial charge in [-0.15, -0.1) is 0 Å². The van der Waals surface area contributed by atoms with Crippen LogP contribution in [-0.2, 0) is 6.42 Å². The molecule has 3 aromatic rings. The van der Waals surface area contributed by atoms with Gasteiger partial charge in [-0.25, -0.2) is 9.37 Å². The summed E-state index contributed by atoms with van der Waals surface area (Å²) in [5, 5.41) is 17.5. The van der Waals surface area contributed by atoms with E-state index in [4.69, 9.17) is 5.73 Å². The van der Waals surface area contributed by atoms with Gasteiger partial charge in [-0.3, -0.25) is 15.2 Å². The molecule has 2 aromatic carbocycles. The molecule has 3 N–H and O–H groups in total. The molecule has 0 aliphatic heterocycles. The third-order valence-electron chi connectivity index (χ3n) is 3.58. The van der Waals surface area contributed by atoms with Crippen molar-refractivity contribution >= 4 is 5.69 Å². The third kappa shape index (κ3) is 3.44. The molecular weight excluding hydrogens is 313 g/mol. The van der Waals surface area contributed by atoms with E-state index in [1.54, 1.807) is 24.3 Å². The number of halogens is 1. The number of nitro benzene ring substituents is 1. The van der Waals surface area contributed by atoms with Crippen LogP contribution in [0.1, 0.15) is 28.8 Å². The van der Waals surface area contributed by atoms with Crippen molar-refractivity contribution in [3.05, 3.63) is 87.2 Å². The first-order valence-electron chi connectivity index (χ1n) is 7.18. The van der Waals surface area contributed by atoms with Crippen molar-refractivity contribution in [2.75, 3.05) is 0 Å². The van der Waals surface area contributed by atoms with Crippen LogP contribution in [0.25, 0.3) is 0 Å². The molecule has 1 heterocycles. The maximum Gasteiger partial charge on any atom is 0.269 e. The molecule has 0 spiro atoms. The summed E-state index contributed by atoms with van der Waals surface area (Å²) in [5.41, 5.74) is 7.69.